The third kappa shape index (κ3) is 14.1. The summed E-state index contributed by atoms with van der Waals surface area (Å²) < 4.78 is 32.6. The van der Waals surface area contributed by atoms with Crippen molar-refractivity contribution in [3.8, 4) is 40.5 Å². The van der Waals surface area contributed by atoms with Crippen LogP contribution in [0.15, 0.2) is 64.2 Å². The van der Waals surface area contributed by atoms with Gasteiger partial charge in [0, 0.05) is 21.9 Å². The zero-order valence-electron chi connectivity index (χ0n) is 33.9. The van der Waals surface area contributed by atoms with E-state index in [4.69, 9.17) is 45.4 Å². The number of amides is 2. The lowest BCUT2D eigenvalue weighted by Gasteiger charge is -2.23. The van der Waals surface area contributed by atoms with Gasteiger partial charge < -0.3 is 44.5 Å². The second kappa shape index (κ2) is 20.5. The first-order chi connectivity index (χ1) is 28.2. The van der Waals surface area contributed by atoms with Gasteiger partial charge >= 0.3 is 24.1 Å². The minimum Gasteiger partial charge on any atom is -0.490 e. The zero-order chi connectivity index (χ0) is 44.2. The normalized spacial score (nSPS) is 12.2. The van der Waals surface area contributed by atoms with Crippen LogP contribution in [0.25, 0.3) is 22.6 Å². The van der Waals surface area contributed by atoms with Crippen molar-refractivity contribution in [2.75, 3.05) is 25.5 Å². The van der Waals surface area contributed by atoms with Gasteiger partial charge in [-0.25, -0.2) is 24.4 Å². The van der Waals surface area contributed by atoms with Gasteiger partial charge in [-0.2, -0.15) is 10.5 Å². The van der Waals surface area contributed by atoms with Gasteiger partial charge in [-0.05, 0) is 90.4 Å². The summed E-state index contributed by atoms with van der Waals surface area (Å²) in [5.74, 6) is -0.878. The molecule has 0 fully saturated rings. The summed E-state index contributed by atoms with van der Waals surface area (Å²) in [6.07, 6.45) is -1.37. The smallest absolute Gasteiger partial charge is 0.408 e. The second-order valence-corrected chi connectivity index (χ2v) is 16.3. The van der Waals surface area contributed by atoms with Crippen LogP contribution in [0, 0.1) is 22.7 Å². The van der Waals surface area contributed by atoms with Crippen LogP contribution in [0.4, 0.5) is 15.4 Å². The molecule has 2 aromatic carbocycles. The average molecular weight is 862 g/mol. The fraction of sp³-hybridized carbons (Fsp3) is 0.366. The summed E-state index contributed by atoms with van der Waals surface area (Å²) in [5, 5.41) is 25.8. The first kappa shape index (κ1) is 46.2. The van der Waals surface area contributed by atoms with Gasteiger partial charge in [0.2, 0.25) is 5.89 Å². The number of alkyl carbamates (subject to hydrolysis) is 2. The van der Waals surface area contributed by atoms with E-state index in [-0.39, 0.29) is 45.6 Å². The summed E-state index contributed by atoms with van der Waals surface area (Å²) in [7, 11) is 0. The quantitative estimate of drug-likeness (QED) is 0.0621. The molecular formula is C41H44ClN7O10S. The number of benzene rings is 2. The van der Waals surface area contributed by atoms with Crippen molar-refractivity contribution in [2.45, 2.75) is 82.6 Å². The van der Waals surface area contributed by atoms with E-state index >= 15 is 0 Å². The SMILES string of the molecule is C[C@H](NC(=O)OC(C)(C)C)C(=O)OC[C@@H](COc1ccc(-c2c(C#N)c(N)nc(SCc3coc(-c4ccc(Cl)cc4)n3)c2C#N)cc1)OC(=O)CNC(=O)OC(C)(C)C. The van der Waals surface area contributed by atoms with E-state index in [9.17, 15) is 29.7 Å². The van der Waals surface area contributed by atoms with Crippen molar-refractivity contribution in [3.05, 3.63) is 76.6 Å². The minimum atomic E-state index is -1.18. The Kier molecular flexibility index (Phi) is 15.8. The number of carbonyl (C=O) groups excluding carboxylic acids is 4. The van der Waals surface area contributed by atoms with Crippen molar-refractivity contribution >= 4 is 53.3 Å². The van der Waals surface area contributed by atoms with E-state index in [1.807, 2.05) is 6.07 Å². The van der Waals surface area contributed by atoms with E-state index < -0.39 is 60.6 Å². The highest BCUT2D eigenvalue weighted by Crippen LogP contribution is 2.37. The molecule has 0 saturated carbocycles. The van der Waals surface area contributed by atoms with Crippen molar-refractivity contribution in [3.63, 3.8) is 0 Å². The van der Waals surface area contributed by atoms with Crippen LogP contribution in [0.5, 0.6) is 5.75 Å². The number of thioether (sulfide) groups is 1. The molecule has 19 heteroatoms. The molecular weight excluding hydrogens is 818 g/mol. The molecule has 0 unspecified atom stereocenters. The van der Waals surface area contributed by atoms with Crippen LogP contribution < -0.4 is 21.1 Å². The highest BCUT2D eigenvalue weighted by molar-refractivity contribution is 7.98. The number of halogens is 1. The topological polar surface area (TPSA) is 251 Å². The molecule has 2 amide bonds. The van der Waals surface area contributed by atoms with Crippen LogP contribution in [-0.4, -0.2) is 77.2 Å². The first-order valence-electron chi connectivity index (χ1n) is 18.3. The standard InChI is InChI=1S/C41H44ClN7O10S/c1-23(47-39(53)59-41(5,6)7)37(51)56-21-29(57-32(50)18-46-38(52)58-40(2,3)4)20-54-28-14-10-24(11-15-28)33-30(16-43)34(45)49-36(31(33)17-44)60-22-27-19-55-35(48-27)25-8-12-26(42)13-9-25/h8-15,19,23,29H,18,20-22H2,1-7H3,(H2,45,49)(H,46,52)(H,47,53)/t23-,29+/m0/s1. The molecule has 0 radical (unpaired) electrons. The third-order valence-electron chi connectivity index (χ3n) is 7.57. The van der Waals surface area contributed by atoms with Gasteiger partial charge in [0.1, 0.15) is 77.6 Å². The van der Waals surface area contributed by atoms with Gasteiger partial charge in [-0.15, -0.1) is 0 Å². The van der Waals surface area contributed by atoms with Crippen LogP contribution in [0.1, 0.15) is 65.3 Å². The molecule has 316 valence electrons. The average Bonchev–Trinajstić information content (AvgIpc) is 3.65. The molecule has 4 N–H and O–H groups in total. The predicted molar refractivity (Wildman–Crippen MR) is 219 cm³/mol. The molecule has 4 aromatic rings. The number of anilines is 1. The third-order valence-corrected chi connectivity index (χ3v) is 8.83. The molecule has 0 aliphatic heterocycles. The monoisotopic (exact) mass is 861 g/mol. The Balaban J connectivity index is 1.48. The maximum atomic E-state index is 12.7. The number of pyridine rings is 1. The Morgan fingerprint density at radius 2 is 1.50 bits per heavy atom. The summed E-state index contributed by atoms with van der Waals surface area (Å²) in [6.45, 7) is 9.99. The molecule has 0 aliphatic carbocycles. The van der Waals surface area contributed by atoms with Crippen molar-refractivity contribution in [1.29, 1.82) is 10.5 Å². The number of aromatic nitrogens is 2. The fourth-order valence-electron chi connectivity index (χ4n) is 4.98. The van der Waals surface area contributed by atoms with E-state index in [1.54, 1.807) is 90.1 Å². The molecule has 2 aromatic heterocycles. The summed E-state index contributed by atoms with van der Waals surface area (Å²) >= 11 is 7.18. The maximum Gasteiger partial charge on any atom is 0.408 e. The first-order valence-corrected chi connectivity index (χ1v) is 19.6. The van der Waals surface area contributed by atoms with E-state index in [0.717, 1.165) is 5.56 Å². The number of hydrogen-bond donors (Lipinski definition) is 3. The van der Waals surface area contributed by atoms with Gasteiger partial charge in [0.25, 0.3) is 0 Å². The van der Waals surface area contributed by atoms with Crippen LogP contribution in [0.2, 0.25) is 5.02 Å². The molecule has 2 heterocycles. The largest absolute Gasteiger partial charge is 0.490 e. The van der Waals surface area contributed by atoms with Crippen LogP contribution in [-0.2, 0) is 34.3 Å². The Labute approximate surface area is 355 Å². The predicted octanol–water partition coefficient (Wildman–Crippen LogP) is 6.95. The molecule has 2 atom stereocenters. The molecule has 0 bridgehead atoms. The molecule has 60 heavy (non-hydrogen) atoms. The number of nitrogens with one attached hydrogen (secondary N) is 2. The molecule has 0 aliphatic rings. The van der Waals surface area contributed by atoms with E-state index in [2.05, 4.69) is 26.7 Å². The Bertz CT molecular complexity index is 2260. The van der Waals surface area contributed by atoms with Crippen molar-refractivity contribution in [2.24, 2.45) is 0 Å². The number of ether oxygens (including phenoxy) is 5. The molecule has 4 rings (SSSR count). The summed E-state index contributed by atoms with van der Waals surface area (Å²) in [4.78, 5) is 58.6. The molecule has 0 saturated heterocycles. The fourth-order valence-corrected chi connectivity index (χ4v) is 5.98. The number of nitriles is 2. The van der Waals surface area contributed by atoms with Crippen LogP contribution >= 0.6 is 23.4 Å². The maximum absolute atomic E-state index is 12.7. The van der Waals surface area contributed by atoms with Gasteiger partial charge in [0.05, 0.1) is 11.3 Å². The van der Waals surface area contributed by atoms with Gasteiger partial charge in [0.15, 0.2) is 6.10 Å². The lowest BCUT2D eigenvalue weighted by atomic mass is 9.97. The van der Waals surface area contributed by atoms with E-state index in [1.165, 1.54) is 24.9 Å². The zero-order valence-corrected chi connectivity index (χ0v) is 35.5. The number of hydrogen-bond acceptors (Lipinski definition) is 16. The lowest BCUT2D eigenvalue weighted by Crippen LogP contribution is -2.43. The van der Waals surface area contributed by atoms with Crippen LogP contribution in [0.3, 0.4) is 0 Å². The number of esters is 2. The van der Waals surface area contributed by atoms with E-state index in [0.29, 0.717) is 22.2 Å². The number of nitrogens with two attached hydrogens (primary N) is 1. The number of rotatable bonds is 15. The Morgan fingerprint density at radius 3 is 2.12 bits per heavy atom. The van der Waals surface area contributed by atoms with Crippen molar-refractivity contribution < 1.29 is 47.3 Å². The molecule has 0 spiro atoms. The summed E-state index contributed by atoms with van der Waals surface area (Å²) in [5.41, 5.74) is 6.75. The highest BCUT2D eigenvalue weighted by Gasteiger charge is 2.26. The van der Waals surface area contributed by atoms with Gasteiger partial charge in [-0.3, -0.25) is 4.79 Å². The van der Waals surface area contributed by atoms with Gasteiger partial charge in [-0.1, -0.05) is 35.5 Å². The minimum absolute atomic E-state index is 0.000185. The highest BCUT2D eigenvalue weighted by atomic mass is 35.5. The number of nitrogen functional groups attached to an aromatic ring is 1. The number of oxazole rings is 1. The Morgan fingerprint density at radius 1 is 0.883 bits per heavy atom. The second-order valence-electron chi connectivity index (χ2n) is 14.9. The Hall–Kier alpha value is -6.50. The lowest BCUT2D eigenvalue weighted by molar-refractivity contribution is -0.160. The number of nitrogens with zero attached hydrogens (tertiary/aromatic N) is 4. The number of carbonyl (C=O) groups is 4. The summed E-state index contributed by atoms with van der Waals surface area (Å²) in [6, 6.07) is 16.4. The molecule has 17 nitrogen and oxygen atoms in total. The van der Waals surface area contributed by atoms with Crippen molar-refractivity contribution in [1.82, 2.24) is 20.6 Å².